The maximum absolute atomic E-state index is 13.7. The van der Waals surface area contributed by atoms with Crippen LogP contribution in [0.25, 0.3) is 44.4 Å². The summed E-state index contributed by atoms with van der Waals surface area (Å²) < 4.78 is 9.52. The lowest BCUT2D eigenvalue weighted by Gasteiger charge is -2.30. The zero-order valence-corrected chi connectivity index (χ0v) is 34.7. The quantitative estimate of drug-likeness (QED) is 0.103. The van der Waals surface area contributed by atoms with Gasteiger partial charge in [-0.3, -0.25) is 9.59 Å². The number of nitrogens with one attached hydrogen (secondary N) is 4. The number of fused-ring (bicyclic) bond motifs is 1. The molecule has 0 saturated carbocycles. The molecule has 3 aromatic carbocycles. The number of amides is 4. The lowest BCUT2D eigenvalue weighted by atomic mass is 9.98. The number of likely N-dealkylation sites (tertiary alicyclic amines) is 2. The summed E-state index contributed by atoms with van der Waals surface area (Å²) >= 11 is 0. The Hall–Kier alpha value is -6.69. The first kappa shape index (κ1) is 43.9. The number of rotatable bonds is 11. The molecule has 0 unspecified atom stereocenters. The third-order valence-electron chi connectivity index (χ3n) is 11.6. The molecule has 4 heterocycles. The van der Waals surface area contributed by atoms with Crippen molar-refractivity contribution in [1.82, 2.24) is 40.4 Å². The van der Waals surface area contributed by atoms with E-state index in [2.05, 4.69) is 80.2 Å². The topological polar surface area (TPSA) is 198 Å². The van der Waals surface area contributed by atoms with Crippen LogP contribution in [-0.4, -0.2) is 93.1 Å². The van der Waals surface area contributed by atoms with Gasteiger partial charge in [-0.25, -0.2) is 19.6 Å². The van der Waals surface area contributed by atoms with Crippen LogP contribution in [0.1, 0.15) is 78.1 Å². The van der Waals surface area contributed by atoms with Crippen LogP contribution >= 0.6 is 0 Å². The zero-order valence-electron chi connectivity index (χ0n) is 34.7. The number of ether oxygens (including phenoxy) is 2. The van der Waals surface area contributed by atoms with Crippen LogP contribution in [0, 0.1) is 29.1 Å². The van der Waals surface area contributed by atoms with Crippen molar-refractivity contribution in [2.75, 3.05) is 27.3 Å². The van der Waals surface area contributed by atoms with Crippen LogP contribution in [-0.2, 0) is 19.1 Å². The van der Waals surface area contributed by atoms with E-state index < -0.39 is 30.3 Å². The number of aromatic amines is 2. The normalized spacial score (nSPS) is 18.4. The molecule has 320 valence electrons. The van der Waals surface area contributed by atoms with Gasteiger partial charge in [0.15, 0.2) is 0 Å². The largest absolute Gasteiger partial charge is 0.453 e. The fourth-order valence-electron chi connectivity index (χ4n) is 8.24. The van der Waals surface area contributed by atoms with Crippen LogP contribution < -0.4 is 10.6 Å². The molecule has 61 heavy (non-hydrogen) atoms. The van der Waals surface area contributed by atoms with Gasteiger partial charge < -0.3 is 39.9 Å². The maximum Gasteiger partial charge on any atom is 0.407 e. The van der Waals surface area contributed by atoms with Gasteiger partial charge in [0.25, 0.3) is 0 Å². The summed E-state index contributed by atoms with van der Waals surface area (Å²) in [4.78, 5) is 71.0. The maximum atomic E-state index is 13.7. The number of H-pyrrole nitrogens is 2. The van der Waals surface area contributed by atoms with E-state index in [1.54, 1.807) is 16.0 Å². The Morgan fingerprint density at radius 1 is 0.721 bits per heavy atom. The second-order valence-corrected chi connectivity index (χ2v) is 16.2. The van der Waals surface area contributed by atoms with E-state index in [4.69, 9.17) is 14.5 Å². The van der Waals surface area contributed by atoms with Gasteiger partial charge >= 0.3 is 12.2 Å². The fraction of sp³-hybridized carbons (Fsp3) is 0.413. The van der Waals surface area contributed by atoms with Gasteiger partial charge in [0.1, 0.15) is 23.7 Å². The summed E-state index contributed by atoms with van der Waals surface area (Å²) in [6.07, 6.45) is 4.28. The average molecular weight is 830 g/mol. The van der Waals surface area contributed by atoms with E-state index in [-0.39, 0.29) is 49.6 Å². The van der Waals surface area contributed by atoms with Gasteiger partial charge in [-0.2, -0.15) is 5.26 Å². The molecule has 4 N–H and O–H groups in total. The van der Waals surface area contributed by atoms with Crippen LogP contribution in [0.15, 0.2) is 73.1 Å². The molecule has 15 nitrogen and oxygen atoms in total. The van der Waals surface area contributed by atoms with Crippen LogP contribution in [0.5, 0.6) is 0 Å². The van der Waals surface area contributed by atoms with Crippen molar-refractivity contribution >= 4 is 34.8 Å². The van der Waals surface area contributed by atoms with Gasteiger partial charge in [0, 0.05) is 18.7 Å². The highest BCUT2D eigenvalue weighted by molar-refractivity contribution is 5.91. The number of nitrogens with zero attached hydrogens (tertiary/aromatic N) is 5. The third kappa shape index (κ3) is 9.23. The Labute approximate surface area is 356 Å². The molecule has 5 atom stereocenters. The van der Waals surface area contributed by atoms with E-state index >= 15 is 0 Å². The van der Waals surface area contributed by atoms with Gasteiger partial charge in [-0.05, 0) is 70.7 Å². The molecule has 2 fully saturated rings. The number of hydrogen-bond acceptors (Lipinski definition) is 9. The van der Waals surface area contributed by atoms with Crippen molar-refractivity contribution in [3.8, 4) is 39.7 Å². The summed E-state index contributed by atoms with van der Waals surface area (Å²) in [5.41, 5.74) is 5.64. The molecule has 2 aliphatic heterocycles. The second-order valence-electron chi connectivity index (χ2n) is 16.2. The molecule has 0 bridgehead atoms. The number of imidazole rings is 2. The Morgan fingerprint density at radius 3 is 1.77 bits per heavy atom. The number of aromatic nitrogens is 4. The number of carbonyl (C=O) groups is 4. The predicted molar refractivity (Wildman–Crippen MR) is 231 cm³/mol. The molecule has 2 saturated heterocycles. The van der Waals surface area contributed by atoms with E-state index in [0.29, 0.717) is 18.8 Å². The Balaban J connectivity index is 0.00000622. The molecule has 2 aliphatic rings. The molecule has 0 spiro atoms. The Bertz CT molecular complexity index is 2420. The first-order valence-corrected chi connectivity index (χ1v) is 20.3. The molecular formula is C46H55N9O6. The van der Waals surface area contributed by atoms with Crippen molar-refractivity contribution in [2.24, 2.45) is 17.8 Å². The molecule has 4 amide bonds. The first-order valence-electron chi connectivity index (χ1n) is 20.3. The summed E-state index contributed by atoms with van der Waals surface area (Å²) in [5.74, 6) is 0.203. The minimum absolute atomic E-state index is 0. The first-order chi connectivity index (χ1) is 28.9. The molecule has 2 aromatic heterocycles. The van der Waals surface area contributed by atoms with Crippen molar-refractivity contribution in [3.63, 3.8) is 0 Å². The molecular weight excluding hydrogens is 775 g/mol. The zero-order chi connectivity index (χ0) is 42.7. The van der Waals surface area contributed by atoms with Crippen molar-refractivity contribution in [1.29, 1.82) is 5.26 Å². The lowest BCUT2D eigenvalue weighted by Crippen LogP contribution is -2.51. The third-order valence-corrected chi connectivity index (χ3v) is 11.6. The minimum Gasteiger partial charge on any atom is -0.453 e. The lowest BCUT2D eigenvalue weighted by molar-refractivity contribution is -0.136. The van der Waals surface area contributed by atoms with Crippen molar-refractivity contribution in [3.05, 3.63) is 84.7 Å². The summed E-state index contributed by atoms with van der Waals surface area (Å²) in [5, 5.41) is 17.2. The summed E-state index contributed by atoms with van der Waals surface area (Å²) in [6.45, 7) is 8.33. The highest BCUT2D eigenvalue weighted by Gasteiger charge is 2.42. The number of carbonyl (C=O) groups excluding carboxylic acids is 4. The smallest absolute Gasteiger partial charge is 0.407 e. The monoisotopic (exact) mass is 829 g/mol. The van der Waals surface area contributed by atoms with Gasteiger partial charge in [-0.1, -0.05) is 83.7 Å². The summed E-state index contributed by atoms with van der Waals surface area (Å²) in [7, 11) is 2.54. The van der Waals surface area contributed by atoms with Crippen LogP contribution in [0.3, 0.4) is 0 Å². The fourth-order valence-corrected chi connectivity index (χ4v) is 8.24. The minimum atomic E-state index is -0.808. The number of alkyl carbamates (subject to hydrolysis) is 2. The van der Waals surface area contributed by atoms with E-state index in [0.717, 1.165) is 63.1 Å². The van der Waals surface area contributed by atoms with E-state index in [9.17, 15) is 24.4 Å². The predicted octanol–water partition coefficient (Wildman–Crippen LogP) is 7.76. The molecule has 5 aromatic rings. The molecule has 7 rings (SSSR count). The van der Waals surface area contributed by atoms with Gasteiger partial charge in [0.2, 0.25) is 11.8 Å². The average Bonchev–Trinajstić information content (AvgIpc) is 4.10. The van der Waals surface area contributed by atoms with Gasteiger partial charge in [-0.15, -0.1) is 0 Å². The van der Waals surface area contributed by atoms with Crippen molar-refractivity contribution < 1.29 is 28.7 Å². The number of benzene rings is 3. The second kappa shape index (κ2) is 18.7. The molecule has 15 heteroatoms. The van der Waals surface area contributed by atoms with Crippen molar-refractivity contribution in [2.45, 2.75) is 78.6 Å². The highest BCUT2D eigenvalue weighted by Crippen LogP contribution is 2.37. The SMILES string of the molecule is C.COC(=O)N[C@H](C(=O)N1CCC[C@H]1c1ncc(-c2ccc3cc(-c4ccc(-c5cnc([C@@H]6C[C@H](C#N)CN6C(=O)[C@@H](NC(=O)OC)C(C)C)[nH]5)cc4)ccc3c2)[nH]1)C(C)C. The number of nitriles is 1. The molecule has 0 aliphatic carbocycles. The van der Waals surface area contributed by atoms with Gasteiger partial charge in [0.05, 0.1) is 62.1 Å². The van der Waals surface area contributed by atoms with Crippen LogP contribution in [0.2, 0.25) is 0 Å². The summed E-state index contributed by atoms with van der Waals surface area (Å²) in [6, 6.07) is 20.9. The molecule has 0 radical (unpaired) electrons. The standard InChI is InChI=1S/C45H51N9O6.CH4/c1-25(2)38(51-44(57)59-5)42(55)53-17-7-8-36(53)40-47-23-35(50-40)33-16-15-31-19-30(13-14-32(31)20-33)28-9-11-29(12-10-28)34-22-48-41(49-34)37-18-27(21-46)24-54(37)43(56)39(26(3)4)52-45(58)60-6;/h9-16,19-20,22-23,25-27,36-39H,7-8,17-18,24H2,1-6H3,(H,47,50)(H,48,49)(H,51,57)(H,52,58);1H4/t27-,36+,37+,38+,39+;/m1./s1. The van der Waals surface area contributed by atoms with E-state index in [1.165, 1.54) is 14.2 Å². The highest BCUT2D eigenvalue weighted by atomic mass is 16.5. The number of hydrogen-bond donors (Lipinski definition) is 4. The van der Waals surface area contributed by atoms with E-state index in [1.807, 2.05) is 46.0 Å². The number of methoxy groups -OCH3 is 2. The van der Waals surface area contributed by atoms with Crippen LogP contribution in [0.4, 0.5) is 9.59 Å². The Kier molecular flexibility index (Phi) is 13.5. The Morgan fingerprint density at radius 2 is 1.21 bits per heavy atom.